The monoisotopic (exact) mass is 330 g/mol. The second-order valence-corrected chi connectivity index (χ2v) is 4.84. The molecule has 22 heavy (non-hydrogen) atoms. The van der Waals surface area contributed by atoms with Crippen LogP contribution >= 0.6 is 0 Å². The third-order valence-electron chi connectivity index (χ3n) is 3.24. The topological polar surface area (TPSA) is 52.0 Å². The first kappa shape index (κ1) is 20.5. The Bertz CT molecular complexity index is 426. The minimum absolute atomic E-state index is 0. The highest BCUT2D eigenvalue weighted by Gasteiger charge is 2.07. The molecule has 0 aromatic heterocycles. The minimum atomic E-state index is -0.422. The molecule has 1 amide bonds. The Morgan fingerprint density at radius 2 is 1.91 bits per heavy atom. The average Bonchev–Trinajstić information content (AvgIpc) is 2.50. The van der Waals surface area contributed by atoms with E-state index in [0.717, 1.165) is 31.8 Å². The fourth-order valence-electron chi connectivity index (χ4n) is 1.93. The number of nitrogens with one attached hydrogen (secondary N) is 2. The number of amides is 1. The van der Waals surface area contributed by atoms with Gasteiger partial charge in [0.2, 0.25) is 0 Å². The highest BCUT2D eigenvalue weighted by atomic mass is 35.5. The van der Waals surface area contributed by atoms with Crippen molar-refractivity contribution in [3.8, 4) is 5.75 Å². The van der Waals surface area contributed by atoms with Crippen LogP contribution in [0.5, 0.6) is 5.75 Å². The molecular formula is C16H27ClN2O3. The Balaban J connectivity index is 0.00000441. The van der Waals surface area contributed by atoms with Crippen LogP contribution in [-0.4, -0.2) is 38.9 Å². The number of quaternary nitrogens is 1. The first-order valence-corrected chi connectivity index (χ1v) is 7.69. The standard InChI is InChI=1S/C16H26N2O3.ClH/c1-4-11-20-15-9-7-8-14(13-15)17-16(19)21-12-10-18(5-2)6-3;/h7-9,13H,4-6,10-12H2,1-3H3,(H,17,19);1H. The lowest BCUT2D eigenvalue weighted by Crippen LogP contribution is -3.11. The van der Waals surface area contributed by atoms with Crippen molar-refractivity contribution in [2.45, 2.75) is 27.2 Å². The van der Waals surface area contributed by atoms with Crippen LogP contribution in [0, 0.1) is 0 Å². The molecule has 0 saturated carbocycles. The summed E-state index contributed by atoms with van der Waals surface area (Å²) in [7, 11) is 0. The lowest BCUT2D eigenvalue weighted by atomic mass is 10.3. The molecule has 5 nitrogen and oxygen atoms in total. The molecule has 0 fully saturated rings. The van der Waals surface area contributed by atoms with E-state index >= 15 is 0 Å². The van der Waals surface area contributed by atoms with Crippen LogP contribution < -0.4 is 27.4 Å². The van der Waals surface area contributed by atoms with Crippen LogP contribution in [0.15, 0.2) is 24.3 Å². The molecule has 1 aromatic carbocycles. The fraction of sp³-hybridized carbons (Fsp3) is 0.562. The summed E-state index contributed by atoms with van der Waals surface area (Å²) in [5.41, 5.74) is 0.684. The lowest BCUT2D eigenvalue weighted by molar-refractivity contribution is -0.896. The number of hydrogen-bond donors (Lipinski definition) is 2. The summed E-state index contributed by atoms with van der Waals surface area (Å²) in [5, 5.41) is 2.72. The maximum absolute atomic E-state index is 11.7. The van der Waals surface area contributed by atoms with E-state index in [2.05, 4.69) is 26.1 Å². The van der Waals surface area contributed by atoms with Gasteiger partial charge < -0.3 is 26.8 Å². The van der Waals surface area contributed by atoms with Crippen molar-refractivity contribution in [2.75, 3.05) is 38.2 Å². The molecule has 1 aromatic rings. The number of carbonyl (C=O) groups excluding carboxylic acids is 1. The fourth-order valence-corrected chi connectivity index (χ4v) is 1.93. The van der Waals surface area contributed by atoms with Gasteiger partial charge in [-0.2, -0.15) is 0 Å². The quantitative estimate of drug-likeness (QED) is 0.608. The van der Waals surface area contributed by atoms with Crippen LogP contribution in [0.25, 0.3) is 0 Å². The number of likely N-dealkylation sites (N-methyl/N-ethyl adjacent to an activating group) is 1. The third kappa shape index (κ3) is 8.10. The van der Waals surface area contributed by atoms with Gasteiger partial charge in [0, 0.05) is 11.8 Å². The van der Waals surface area contributed by atoms with Gasteiger partial charge in [-0.1, -0.05) is 13.0 Å². The third-order valence-corrected chi connectivity index (χ3v) is 3.24. The van der Waals surface area contributed by atoms with Crippen LogP contribution in [0.3, 0.4) is 0 Å². The van der Waals surface area contributed by atoms with Crippen LogP contribution in [0.4, 0.5) is 10.5 Å². The van der Waals surface area contributed by atoms with Gasteiger partial charge in [0.1, 0.15) is 18.9 Å². The first-order valence-electron chi connectivity index (χ1n) is 7.69. The molecule has 1 rings (SSSR count). The lowest BCUT2D eigenvalue weighted by Gasteiger charge is -2.15. The number of ether oxygens (including phenoxy) is 2. The van der Waals surface area contributed by atoms with Crippen LogP contribution in [-0.2, 0) is 4.74 Å². The second-order valence-electron chi connectivity index (χ2n) is 4.84. The van der Waals surface area contributed by atoms with Gasteiger partial charge >= 0.3 is 6.09 Å². The van der Waals surface area contributed by atoms with E-state index in [0.29, 0.717) is 18.9 Å². The number of anilines is 1. The predicted molar refractivity (Wildman–Crippen MR) is 84.1 cm³/mol. The van der Waals surface area contributed by atoms with Crippen LogP contribution in [0.1, 0.15) is 27.2 Å². The molecule has 0 heterocycles. The molecule has 0 radical (unpaired) electrons. The Morgan fingerprint density at radius 3 is 2.55 bits per heavy atom. The Hall–Kier alpha value is -1.46. The maximum atomic E-state index is 11.7. The van der Waals surface area contributed by atoms with Crippen LogP contribution in [0.2, 0.25) is 0 Å². The number of carbonyl (C=O) groups is 1. The molecule has 0 aliphatic heterocycles. The maximum Gasteiger partial charge on any atom is 0.411 e. The smallest absolute Gasteiger partial charge is 0.411 e. The largest absolute Gasteiger partial charge is 1.00 e. The molecule has 0 saturated heterocycles. The van der Waals surface area contributed by atoms with E-state index in [4.69, 9.17) is 9.47 Å². The summed E-state index contributed by atoms with van der Waals surface area (Å²) in [5.74, 6) is 0.752. The van der Waals surface area contributed by atoms with E-state index < -0.39 is 6.09 Å². The molecule has 0 bridgehead atoms. The molecule has 0 spiro atoms. The van der Waals surface area contributed by atoms with Crippen molar-refractivity contribution in [3.05, 3.63) is 24.3 Å². The highest BCUT2D eigenvalue weighted by molar-refractivity contribution is 5.84. The van der Waals surface area contributed by atoms with Gasteiger partial charge in [-0.15, -0.1) is 0 Å². The molecule has 0 aliphatic carbocycles. The number of rotatable bonds is 9. The van der Waals surface area contributed by atoms with Gasteiger partial charge in [0.25, 0.3) is 0 Å². The van der Waals surface area contributed by atoms with E-state index in [1.807, 2.05) is 18.2 Å². The Kier molecular flexibility index (Phi) is 11.3. The Morgan fingerprint density at radius 1 is 1.18 bits per heavy atom. The minimum Gasteiger partial charge on any atom is -1.00 e. The summed E-state index contributed by atoms with van der Waals surface area (Å²) in [6.45, 7) is 10.3. The highest BCUT2D eigenvalue weighted by Crippen LogP contribution is 2.17. The number of hydrogen-bond acceptors (Lipinski definition) is 3. The molecule has 0 unspecified atom stereocenters. The van der Waals surface area contributed by atoms with Gasteiger partial charge in [-0.05, 0) is 32.4 Å². The number of benzene rings is 1. The van der Waals surface area contributed by atoms with Crippen molar-refractivity contribution in [2.24, 2.45) is 0 Å². The van der Waals surface area contributed by atoms with Crippen molar-refractivity contribution in [1.29, 1.82) is 0 Å². The van der Waals surface area contributed by atoms with Crippen molar-refractivity contribution < 1.29 is 31.6 Å². The van der Waals surface area contributed by atoms with Gasteiger partial charge in [-0.25, -0.2) is 4.79 Å². The van der Waals surface area contributed by atoms with E-state index in [1.54, 1.807) is 6.07 Å². The van der Waals surface area contributed by atoms with E-state index in [-0.39, 0.29) is 12.4 Å². The Labute approximate surface area is 139 Å². The zero-order chi connectivity index (χ0) is 15.5. The molecular weight excluding hydrogens is 304 g/mol. The molecule has 6 heteroatoms. The van der Waals surface area contributed by atoms with Gasteiger partial charge in [-0.3, -0.25) is 5.32 Å². The van der Waals surface area contributed by atoms with E-state index in [1.165, 1.54) is 4.90 Å². The summed E-state index contributed by atoms with van der Waals surface area (Å²) in [6.07, 6.45) is 0.530. The van der Waals surface area contributed by atoms with Gasteiger partial charge in [0.05, 0.1) is 19.7 Å². The summed E-state index contributed by atoms with van der Waals surface area (Å²) < 4.78 is 10.7. The summed E-state index contributed by atoms with van der Waals surface area (Å²) in [4.78, 5) is 13.1. The zero-order valence-electron chi connectivity index (χ0n) is 13.7. The predicted octanol–water partition coefficient (Wildman–Crippen LogP) is -1.05. The second kappa shape index (κ2) is 12.1. The SMILES string of the molecule is CCCOc1cccc(NC(=O)OCC[NH+](CC)CC)c1.[Cl-]. The molecule has 2 N–H and O–H groups in total. The number of halogens is 1. The normalized spacial score (nSPS) is 10.0. The van der Waals surface area contributed by atoms with Crippen molar-refractivity contribution in [1.82, 2.24) is 0 Å². The van der Waals surface area contributed by atoms with Crippen molar-refractivity contribution >= 4 is 11.8 Å². The van der Waals surface area contributed by atoms with Gasteiger partial charge in [0.15, 0.2) is 0 Å². The molecule has 0 aliphatic rings. The molecule has 126 valence electrons. The van der Waals surface area contributed by atoms with Crippen molar-refractivity contribution in [3.63, 3.8) is 0 Å². The average molecular weight is 331 g/mol. The summed E-state index contributed by atoms with van der Waals surface area (Å²) >= 11 is 0. The first-order chi connectivity index (χ1) is 10.2. The molecule has 0 atom stereocenters. The summed E-state index contributed by atoms with van der Waals surface area (Å²) in [6, 6.07) is 7.33. The van der Waals surface area contributed by atoms with E-state index in [9.17, 15) is 4.79 Å². The zero-order valence-corrected chi connectivity index (χ0v) is 14.4.